The smallest absolute Gasteiger partial charge is 0.315 e. The number of hydrogen-bond donors (Lipinski definition) is 2. The van der Waals surface area contributed by atoms with Gasteiger partial charge in [0.25, 0.3) is 0 Å². The second kappa shape index (κ2) is 3.21. The molecule has 0 bridgehead atoms. The minimum atomic E-state index is -1.02. The number of fused-ring (bicyclic) bond motifs is 1. The van der Waals surface area contributed by atoms with Gasteiger partial charge in [0.2, 0.25) is 0 Å². The molecule has 1 aliphatic rings. The highest BCUT2D eigenvalue weighted by molar-refractivity contribution is 5.86. The van der Waals surface area contributed by atoms with Gasteiger partial charge in [-0.1, -0.05) is 36.4 Å². The van der Waals surface area contributed by atoms with E-state index in [2.05, 4.69) is 0 Å². The van der Waals surface area contributed by atoms with Crippen LogP contribution in [0.4, 0.5) is 0 Å². The third-order valence-corrected chi connectivity index (χ3v) is 3.11. The zero-order valence-corrected chi connectivity index (χ0v) is 8.47. The summed E-state index contributed by atoms with van der Waals surface area (Å²) >= 11 is 0. The Bertz CT molecular complexity index is 439. The molecule has 0 saturated carbocycles. The monoisotopic (exact) mass is 203 g/mol. The predicted molar refractivity (Wildman–Crippen MR) is 58.4 cm³/mol. The van der Waals surface area contributed by atoms with Crippen molar-refractivity contribution in [1.29, 1.82) is 0 Å². The van der Waals surface area contributed by atoms with Crippen LogP contribution in [0.1, 0.15) is 18.1 Å². The van der Waals surface area contributed by atoms with Gasteiger partial charge in [0.1, 0.15) is 5.41 Å². The molecule has 0 heterocycles. The quantitative estimate of drug-likeness (QED) is 0.724. The van der Waals surface area contributed by atoms with Gasteiger partial charge in [-0.3, -0.25) is 4.79 Å². The average molecular weight is 203 g/mol. The van der Waals surface area contributed by atoms with E-state index in [-0.39, 0.29) is 0 Å². The number of rotatable bonds is 1. The molecule has 0 aromatic heterocycles. The summed E-state index contributed by atoms with van der Waals surface area (Å²) in [6, 6.07) is 6.98. The van der Waals surface area contributed by atoms with Gasteiger partial charge in [-0.15, -0.1) is 0 Å². The van der Waals surface area contributed by atoms with Gasteiger partial charge >= 0.3 is 5.97 Å². The molecule has 0 fully saturated rings. The standard InChI is InChI=1S/C12H13NO2/c1-12(11(14)15)9-5-3-2-4-8(9)6-7-10(12)13/h2-7,10H,13H2,1H3,(H,14,15)/t10?,12-/m1/s1. The lowest BCUT2D eigenvalue weighted by atomic mass is 9.71. The van der Waals surface area contributed by atoms with Crippen LogP contribution >= 0.6 is 0 Å². The van der Waals surface area contributed by atoms with E-state index < -0.39 is 17.4 Å². The Balaban J connectivity index is 2.66. The molecule has 3 heteroatoms. The van der Waals surface area contributed by atoms with Gasteiger partial charge in [0.05, 0.1) is 0 Å². The molecule has 78 valence electrons. The molecule has 3 N–H and O–H groups in total. The minimum absolute atomic E-state index is 0.482. The summed E-state index contributed by atoms with van der Waals surface area (Å²) in [7, 11) is 0. The van der Waals surface area contributed by atoms with Crippen molar-refractivity contribution in [2.75, 3.05) is 0 Å². The first kappa shape index (κ1) is 9.93. The van der Waals surface area contributed by atoms with Crippen LogP contribution in [-0.2, 0) is 10.2 Å². The van der Waals surface area contributed by atoms with Gasteiger partial charge in [-0.2, -0.15) is 0 Å². The van der Waals surface area contributed by atoms with E-state index >= 15 is 0 Å². The Labute approximate surface area is 88.2 Å². The molecule has 0 radical (unpaired) electrons. The van der Waals surface area contributed by atoms with E-state index in [1.807, 2.05) is 30.3 Å². The number of carbonyl (C=O) groups is 1. The molecule has 15 heavy (non-hydrogen) atoms. The molecule has 1 aromatic carbocycles. The van der Waals surface area contributed by atoms with Gasteiger partial charge in [0.15, 0.2) is 0 Å². The van der Waals surface area contributed by atoms with Crippen LogP contribution in [0.3, 0.4) is 0 Å². The molecule has 3 nitrogen and oxygen atoms in total. The van der Waals surface area contributed by atoms with Crippen molar-refractivity contribution in [1.82, 2.24) is 0 Å². The zero-order chi connectivity index (χ0) is 11.1. The van der Waals surface area contributed by atoms with E-state index in [1.54, 1.807) is 13.0 Å². The highest BCUT2D eigenvalue weighted by Crippen LogP contribution is 2.34. The van der Waals surface area contributed by atoms with Crippen LogP contribution < -0.4 is 5.73 Å². The van der Waals surface area contributed by atoms with Crippen LogP contribution in [0, 0.1) is 0 Å². The highest BCUT2D eigenvalue weighted by Gasteiger charge is 2.43. The maximum absolute atomic E-state index is 11.3. The Hall–Kier alpha value is -1.61. The Morgan fingerprint density at radius 1 is 1.47 bits per heavy atom. The van der Waals surface area contributed by atoms with E-state index in [4.69, 9.17) is 5.73 Å². The topological polar surface area (TPSA) is 63.3 Å². The molecule has 1 aromatic rings. The van der Waals surface area contributed by atoms with Crippen molar-refractivity contribution in [3.8, 4) is 0 Å². The minimum Gasteiger partial charge on any atom is -0.481 e. The Morgan fingerprint density at radius 3 is 2.80 bits per heavy atom. The number of carboxylic acid groups (broad SMARTS) is 1. The molecule has 1 unspecified atom stereocenters. The average Bonchev–Trinajstić information content (AvgIpc) is 2.23. The maximum atomic E-state index is 11.3. The number of benzene rings is 1. The molecular formula is C12H13NO2. The fraction of sp³-hybridized carbons (Fsp3) is 0.250. The second-order valence-electron chi connectivity index (χ2n) is 3.98. The van der Waals surface area contributed by atoms with Crippen molar-refractivity contribution in [2.24, 2.45) is 5.73 Å². The van der Waals surface area contributed by atoms with Gasteiger partial charge in [0, 0.05) is 6.04 Å². The van der Waals surface area contributed by atoms with Gasteiger partial charge in [-0.05, 0) is 18.1 Å². The molecule has 0 aliphatic heterocycles. The fourth-order valence-corrected chi connectivity index (χ4v) is 1.95. The number of carboxylic acids is 1. The molecule has 0 saturated heterocycles. The molecule has 2 atom stereocenters. The van der Waals surface area contributed by atoms with E-state index in [9.17, 15) is 9.90 Å². The summed E-state index contributed by atoms with van der Waals surface area (Å²) in [5.41, 5.74) is 6.56. The molecule has 1 aliphatic carbocycles. The van der Waals surface area contributed by atoms with Gasteiger partial charge in [-0.25, -0.2) is 0 Å². The molecular weight excluding hydrogens is 190 g/mol. The summed E-state index contributed by atoms with van der Waals surface area (Å²) in [6.07, 6.45) is 3.63. The number of nitrogens with two attached hydrogens (primary N) is 1. The number of aliphatic carboxylic acids is 1. The first-order valence-electron chi connectivity index (χ1n) is 4.83. The fourth-order valence-electron chi connectivity index (χ4n) is 1.95. The summed E-state index contributed by atoms with van der Waals surface area (Å²) in [5, 5.41) is 9.30. The van der Waals surface area contributed by atoms with Crippen molar-refractivity contribution in [3.63, 3.8) is 0 Å². The van der Waals surface area contributed by atoms with Crippen LogP contribution in [0.15, 0.2) is 30.3 Å². The normalized spacial score (nSPS) is 28.5. The van der Waals surface area contributed by atoms with Gasteiger partial charge < -0.3 is 10.8 Å². The SMILES string of the molecule is C[C@@]1(C(=O)O)c2ccccc2C=CC1N. The lowest BCUT2D eigenvalue weighted by Crippen LogP contribution is -2.49. The van der Waals surface area contributed by atoms with E-state index in [1.165, 1.54) is 0 Å². The van der Waals surface area contributed by atoms with E-state index in [0.29, 0.717) is 0 Å². The summed E-state index contributed by atoms with van der Waals surface area (Å²) in [5.74, 6) is -0.883. The maximum Gasteiger partial charge on any atom is 0.315 e. The van der Waals surface area contributed by atoms with Crippen molar-refractivity contribution in [2.45, 2.75) is 18.4 Å². The highest BCUT2D eigenvalue weighted by atomic mass is 16.4. The zero-order valence-electron chi connectivity index (χ0n) is 8.47. The van der Waals surface area contributed by atoms with E-state index in [0.717, 1.165) is 11.1 Å². The molecule has 2 rings (SSSR count). The number of hydrogen-bond acceptors (Lipinski definition) is 2. The Morgan fingerprint density at radius 2 is 2.13 bits per heavy atom. The van der Waals surface area contributed by atoms with Crippen LogP contribution in [0.5, 0.6) is 0 Å². The molecule has 0 spiro atoms. The van der Waals surface area contributed by atoms with Crippen molar-refractivity contribution in [3.05, 3.63) is 41.5 Å². The third kappa shape index (κ3) is 1.27. The van der Waals surface area contributed by atoms with Crippen molar-refractivity contribution >= 4 is 12.0 Å². The van der Waals surface area contributed by atoms with Crippen LogP contribution in [-0.4, -0.2) is 17.1 Å². The largest absolute Gasteiger partial charge is 0.481 e. The summed E-state index contributed by atoms with van der Waals surface area (Å²) < 4.78 is 0. The van der Waals surface area contributed by atoms with Crippen LogP contribution in [0.2, 0.25) is 0 Å². The lowest BCUT2D eigenvalue weighted by molar-refractivity contribution is -0.143. The summed E-state index contributed by atoms with van der Waals surface area (Å²) in [6.45, 7) is 1.67. The van der Waals surface area contributed by atoms with Crippen molar-refractivity contribution < 1.29 is 9.90 Å². The van der Waals surface area contributed by atoms with Crippen LogP contribution in [0.25, 0.3) is 6.08 Å². The predicted octanol–water partition coefficient (Wildman–Crippen LogP) is 1.38. The first-order chi connectivity index (χ1) is 7.06. The second-order valence-corrected chi connectivity index (χ2v) is 3.98. The third-order valence-electron chi connectivity index (χ3n) is 3.11. The summed E-state index contributed by atoms with van der Waals surface area (Å²) in [4.78, 5) is 11.3. The first-order valence-corrected chi connectivity index (χ1v) is 4.83. The Kier molecular flexibility index (Phi) is 2.12. The lowest BCUT2D eigenvalue weighted by Gasteiger charge is -2.34. The molecule has 0 amide bonds.